The monoisotopic (exact) mass is 817 g/mol. The van der Waals surface area contributed by atoms with E-state index in [1.54, 1.807) is 26.8 Å². The summed E-state index contributed by atoms with van der Waals surface area (Å²) in [6.07, 6.45) is -6.00. The van der Waals surface area contributed by atoms with Crippen LogP contribution in [0.4, 0.5) is 19.3 Å². The van der Waals surface area contributed by atoms with E-state index in [0.29, 0.717) is 11.3 Å². The lowest BCUT2D eigenvalue weighted by atomic mass is 9.51. The van der Waals surface area contributed by atoms with E-state index in [9.17, 15) is 14.7 Å². The highest BCUT2D eigenvalue weighted by Gasteiger charge is 2.93. The van der Waals surface area contributed by atoms with Gasteiger partial charge in [0.25, 0.3) is 23.6 Å². The Labute approximate surface area is 323 Å². The van der Waals surface area contributed by atoms with E-state index >= 15 is 23.2 Å². The number of benzene rings is 2. The molecule has 10 atom stereocenters. The summed E-state index contributed by atoms with van der Waals surface area (Å²) in [6, 6.07) is 6.76. The SMILES string of the molecule is CCOC(=O)O[C@H]1[C@]2([C@@]34c5cc(F)ccc5C[C@@H]3N3C(=O)[C@]5(CC)SS[C@]3(C(=O)N5C)[C@H]4O)c3cc(F)ccc3N[C@@H]2N2C(=O)[C@]3(C)SS[C@]12C(=O)N3C. The first-order chi connectivity index (χ1) is 25.6. The molecule has 0 aromatic heterocycles. The van der Waals surface area contributed by atoms with Crippen LogP contribution in [0.25, 0.3) is 0 Å². The number of hydrogen-bond donors (Lipinski definition) is 2. The zero-order valence-electron chi connectivity index (χ0n) is 29.4. The van der Waals surface area contributed by atoms with E-state index in [-0.39, 0.29) is 30.6 Å². The summed E-state index contributed by atoms with van der Waals surface area (Å²) in [5.74, 6) is -3.57. The van der Waals surface area contributed by atoms with Crippen molar-refractivity contribution in [2.45, 2.75) is 88.3 Å². The normalized spacial score (nSPS) is 41.8. The molecule has 284 valence electrons. The summed E-state index contributed by atoms with van der Waals surface area (Å²) in [6.45, 7) is 4.83. The molecule has 2 spiro atoms. The summed E-state index contributed by atoms with van der Waals surface area (Å²) in [5.41, 5.74) is -2.99. The average Bonchev–Trinajstić information content (AvgIpc) is 3.79. The zero-order chi connectivity index (χ0) is 38.3. The van der Waals surface area contributed by atoms with Gasteiger partial charge < -0.3 is 34.6 Å². The highest BCUT2D eigenvalue weighted by Crippen LogP contribution is 2.79. The highest BCUT2D eigenvalue weighted by molar-refractivity contribution is 8.78. The number of halogens is 2. The molecule has 12 rings (SSSR count). The van der Waals surface area contributed by atoms with Crippen molar-refractivity contribution < 1.29 is 47.3 Å². The smallest absolute Gasteiger partial charge is 0.435 e. The second-order valence-electron chi connectivity index (χ2n) is 15.0. The van der Waals surface area contributed by atoms with Crippen LogP contribution in [0.3, 0.4) is 0 Å². The van der Waals surface area contributed by atoms with Crippen LogP contribution < -0.4 is 5.32 Å². The lowest BCUT2D eigenvalue weighted by molar-refractivity contribution is -0.168. The number of ether oxygens (including phenoxy) is 2. The molecular weight excluding hydrogens is 785 g/mol. The molecule has 8 saturated heterocycles. The number of amides is 4. The quantitative estimate of drug-likeness (QED) is 0.344. The Bertz CT molecular complexity index is 2190. The largest absolute Gasteiger partial charge is 0.508 e. The Kier molecular flexibility index (Phi) is 6.82. The van der Waals surface area contributed by atoms with Crippen LogP contribution in [0.1, 0.15) is 43.9 Å². The van der Waals surface area contributed by atoms with E-state index in [0.717, 1.165) is 43.2 Å². The van der Waals surface area contributed by atoms with Crippen molar-refractivity contribution in [1.82, 2.24) is 19.6 Å². The Morgan fingerprint density at radius 1 is 0.870 bits per heavy atom. The van der Waals surface area contributed by atoms with E-state index in [1.165, 1.54) is 64.0 Å². The molecule has 8 fully saturated rings. The summed E-state index contributed by atoms with van der Waals surface area (Å²) < 4.78 is 43.6. The summed E-state index contributed by atoms with van der Waals surface area (Å²) in [4.78, 5) is 72.6. The predicted molar refractivity (Wildman–Crippen MR) is 195 cm³/mol. The molecule has 0 unspecified atom stereocenters. The van der Waals surface area contributed by atoms with Crippen LogP contribution in [0.2, 0.25) is 0 Å². The first kappa shape index (κ1) is 35.1. The molecule has 19 heteroatoms. The number of aliphatic hydroxyl groups excluding tert-OH is 1. The number of aliphatic hydroxyl groups is 1. The number of carbonyl (C=O) groups excluding carboxylic acids is 5. The first-order valence-electron chi connectivity index (χ1n) is 17.5. The van der Waals surface area contributed by atoms with E-state index in [4.69, 9.17) is 9.47 Å². The second-order valence-corrected chi connectivity index (χ2v) is 20.4. The van der Waals surface area contributed by atoms with Crippen LogP contribution in [0.15, 0.2) is 36.4 Å². The van der Waals surface area contributed by atoms with Gasteiger partial charge in [-0.05, 0) is 95.3 Å². The lowest BCUT2D eigenvalue weighted by Crippen LogP contribution is -2.77. The van der Waals surface area contributed by atoms with Crippen molar-refractivity contribution in [1.29, 1.82) is 0 Å². The zero-order valence-corrected chi connectivity index (χ0v) is 32.6. The van der Waals surface area contributed by atoms with E-state index < -0.39 is 96.1 Å². The Morgan fingerprint density at radius 2 is 1.54 bits per heavy atom. The molecule has 2 aromatic rings. The second kappa shape index (κ2) is 10.5. The summed E-state index contributed by atoms with van der Waals surface area (Å²) >= 11 is 0. The van der Waals surface area contributed by atoms with Gasteiger partial charge in [0.2, 0.25) is 9.74 Å². The van der Waals surface area contributed by atoms with Crippen LogP contribution in [-0.2, 0) is 45.9 Å². The fraction of sp³-hybridized carbons (Fsp3) is 0.514. The van der Waals surface area contributed by atoms with Crippen molar-refractivity contribution in [2.24, 2.45) is 0 Å². The van der Waals surface area contributed by atoms with Gasteiger partial charge in [-0.2, -0.15) is 0 Å². The fourth-order valence-corrected chi connectivity index (χ4v) is 18.6. The standard InChI is InChI=1S/C35H33F2N5O8S4/c1-6-31-26(45)41-21-12-15-8-9-16(36)13-18(15)32(21,22(43)34(41,53-52-31)27(46)40(31)5)33-19-14-17(37)10-11-20(19)38-24(33)42-25(44)30(3)39(4)28(47)35(42,54-51-30)23(33)50-29(48)49-7-2/h8-11,13-14,21-24,38,43H,6-7,12H2,1-5H3/t21-,22-,23-,24+,30-,31-,32-,33+,34-,35-/m0/s1. The predicted octanol–water partition coefficient (Wildman–Crippen LogP) is 3.35. The summed E-state index contributed by atoms with van der Waals surface area (Å²) in [5, 5.41) is 17.0. The van der Waals surface area contributed by atoms with Gasteiger partial charge in [-0.25, -0.2) is 13.6 Å². The topological polar surface area (TPSA) is 149 Å². The molecule has 4 bridgehead atoms. The minimum atomic E-state index is -2.08. The molecular formula is C35H33F2N5O8S4. The molecule has 9 aliphatic heterocycles. The number of nitrogens with one attached hydrogen (secondary N) is 1. The Hall–Kier alpha value is -3.39. The molecule has 2 N–H and O–H groups in total. The number of fused-ring (bicyclic) bond motifs is 11. The number of piperazine rings is 2. The first-order valence-corrected chi connectivity index (χ1v) is 21.8. The van der Waals surface area contributed by atoms with Gasteiger partial charge in [-0.3, -0.25) is 24.1 Å². The third-order valence-electron chi connectivity index (χ3n) is 13.3. The molecule has 2 aromatic carbocycles. The minimum absolute atomic E-state index is 0.0157. The molecule has 10 aliphatic rings. The maximum atomic E-state index is 16.0. The number of rotatable bonds is 4. The van der Waals surface area contributed by atoms with Gasteiger partial charge in [-0.15, -0.1) is 0 Å². The van der Waals surface area contributed by atoms with Gasteiger partial charge in [0, 0.05) is 19.8 Å². The molecule has 13 nitrogen and oxygen atoms in total. The average molecular weight is 818 g/mol. The van der Waals surface area contributed by atoms with E-state index in [1.807, 2.05) is 0 Å². The van der Waals surface area contributed by atoms with Gasteiger partial charge in [0.05, 0.1) is 23.5 Å². The molecule has 0 saturated carbocycles. The maximum absolute atomic E-state index is 16.0. The number of anilines is 1. The lowest BCUT2D eigenvalue weighted by Gasteiger charge is -2.59. The maximum Gasteiger partial charge on any atom is 0.508 e. The fourth-order valence-electron chi connectivity index (χ4n) is 11.0. The molecule has 9 heterocycles. The Morgan fingerprint density at radius 3 is 2.24 bits per heavy atom. The number of nitrogens with zero attached hydrogens (tertiary/aromatic N) is 4. The third kappa shape index (κ3) is 3.27. The molecule has 1 aliphatic carbocycles. The molecule has 4 amide bonds. The van der Waals surface area contributed by atoms with Gasteiger partial charge in [0.1, 0.15) is 23.9 Å². The van der Waals surface area contributed by atoms with Gasteiger partial charge in [-0.1, -0.05) is 34.6 Å². The van der Waals surface area contributed by atoms with Crippen molar-refractivity contribution in [3.63, 3.8) is 0 Å². The number of hydrogen-bond acceptors (Lipinski definition) is 13. The van der Waals surface area contributed by atoms with Crippen LogP contribution in [0, 0.1) is 11.6 Å². The third-order valence-corrected chi connectivity index (χ3v) is 20.8. The van der Waals surface area contributed by atoms with Crippen molar-refractivity contribution in [3.8, 4) is 0 Å². The van der Waals surface area contributed by atoms with Crippen molar-refractivity contribution >= 4 is 78.6 Å². The Balaban J connectivity index is 1.38. The van der Waals surface area contributed by atoms with Crippen LogP contribution in [0.5, 0.6) is 0 Å². The minimum Gasteiger partial charge on any atom is -0.435 e. The van der Waals surface area contributed by atoms with Crippen LogP contribution in [-0.4, -0.2) is 119 Å². The van der Waals surface area contributed by atoms with Crippen molar-refractivity contribution in [2.75, 3.05) is 26.0 Å². The number of likely N-dealkylation sites (N-methyl/N-ethyl adjacent to an activating group) is 2. The highest BCUT2D eigenvalue weighted by atomic mass is 33.1. The molecule has 54 heavy (non-hydrogen) atoms. The van der Waals surface area contributed by atoms with Crippen LogP contribution >= 0.6 is 43.2 Å². The van der Waals surface area contributed by atoms with Crippen molar-refractivity contribution in [3.05, 3.63) is 64.7 Å². The van der Waals surface area contributed by atoms with Gasteiger partial charge in [0.15, 0.2) is 15.8 Å². The van der Waals surface area contributed by atoms with Gasteiger partial charge >= 0.3 is 6.16 Å². The number of carbonyl (C=O) groups is 5. The summed E-state index contributed by atoms with van der Waals surface area (Å²) in [7, 11) is 7.30. The van der Waals surface area contributed by atoms with E-state index in [2.05, 4.69) is 5.32 Å². The molecule has 0 radical (unpaired) electrons.